The van der Waals surface area contributed by atoms with Crippen LogP contribution in [-0.4, -0.2) is 24.9 Å². The second-order valence-electron chi connectivity index (χ2n) is 6.94. The molecular formula is C17H26ClNO2. The topological polar surface area (TPSA) is 55.5 Å². The number of aliphatic hydroxyl groups is 1. The van der Waals surface area contributed by atoms with E-state index in [-0.39, 0.29) is 10.8 Å². The quantitative estimate of drug-likeness (QED) is 0.896. The third kappa shape index (κ3) is 3.20. The lowest BCUT2D eigenvalue weighted by Crippen LogP contribution is -2.53. The van der Waals surface area contributed by atoms with E-state index in [1.165, 1.54) is 0 Å². The van der Waals surface area contributed by atoms with Gasteiger partial charge in [0.1, 0.15) is 5.75 Å². The molecule has 0 aliphatic heterocycles. The highest BCUT2D eigenvalue weighted by Crippen LogP contribution is 2.48. The molecule has 3 nitrogen and oxygen atoms in total. The first-order valence-corrected chi connectivity index (χ1v) is 7.93. The molecule has 1 aliphatic carbocycles. The number of ether oxygens (including phenoxy) is 1. The molecule has 2 rings (SSSR count). The van der Waals surface area contributed by atoms with Gasteiger partial charge in [0.2, 0.25) is 0 Å². The van der Waals surface area contributed by atoms with E-state index in [4.69, 9.17) is 22.1 Å². The fourth-order valence-corrected chi connectivity index (χ4v) is 3.93. The fraction of sp³-hybridized carbons (Fsp3) is 0.647. The van der Waals surface area contributed by atoms with Crippen LogP contribution in [0.3, 0.4) is 0 Å². The van der Waals surface area contributed by atoms with Gasteiger partial charge >= 0.3 is 0 Å². The molecule has 0 bridgehead atoms. The molecule has 0 heterocycles. The molecule has 0 radical (unpaired) electrons. The van der Waals surface area contributed by atoms with Crippen LogP contribution < -0.4 is 10.5 Å². The van der Waals surface area contributed by atoms with E-state index >= 15 is 0 Å². The minimum atomic E-state index is -0.424. The smallest absolute Gasteiger partial charge is 0.122 e. The Morgan fingerprint density at radius 1 is 1.38 bits per heavy atom. The van der Waals surface area contributed by atoms with E-state index in [2.05, 4.69) is 13.8 Å². The molecule has 0 aromatic heterocycles. The van der Waals surface area contributed by atoms with Crippen LogP contribution in [0.4, 0.5) is 0 Å². The summed E-state index contributed by atoms with van der Waals surface area (Å²) in [6, 6.07) is 5.62. The summed E-state index contributed by atoms with van der Waals surface area (Å²) in [6.07, 6.45) is 3.32. The Hall–Kier alpha value is -0.770. The second kappa shape index (κ2) is 6.15. The molecular weight excluding hydrogens is 286 g/mol. The van der Waals surface area contributed by atoms with Gasteiger partial charge in [0.05, 0.1) is 13.2 Å². The Balaban J connectivity index is 2.36. The third-order valence-corrected chi connectivity index (χ3v) is 5.24. The summed E-state index contributed by atoms with van der Waals surface area (Å²) in [4.78, 5) is 0. The summed E-state index contributed by atoms with van der Waals surface area (Å²) < 4.78 is 5.44. The molecule has 0 saturated heterocycles. The summed E-state index contributed by atoms with van der Waals surface area (Å²) in [5.41, 5.74) is 6.70. The maximum absolute atomic E-state index is 10.9. The van der Waals surface area contributed by atoms with Crippen molar-refractivity contribution in [2.75, 3.05) is 13.7 Å². The van der Waals surface area contributed by atoms with E-state index in [0.717, 1.165) is 30.6 Å². The van der Waals surface area contributed by atoms with Gasteiger partial charge in [-0.25, -0.2) is 0 Å². The number of halogens is 1. The highest BCUT2D eigenvalue weighted by Gasteiger charge is 2.48. The number of methoxy groups -OCH3 is 1. The third-order valence-electron chi connectivity index (χ3n) is 5.01. The molecule has 1 saturated carbocycles. The van der Waals surface area contributed by atoms with Gasteiger partial charge in [0.25, 0.3) is 0 Å². The van der Waals surface area contributed by atoms with Gasteiger partial charge in [0.15, 0.2) is 0 Å². The molecule has 1 fully saturated rings. The molecule has 4 heteroatoms. The van der Waals surface area contributed by atoms with Crippen molar-refractivity contribution in [3.8, 4) is 5.75 Å². The lowest BCUT2D eigenvalue weighted by Gasteiger charge is -2.49. The highest BCUT2D eigenvalue weighted by atomic mass is 35.5. The van der Waals surface area contributed by atoms with Gasteiger partial charge in [-0.15, -0.1) is 0 Å². The van der Waals surface area contributed by atoms with Crippen molar-refractivity contribution in [3.63, 3.8) is 0 Å². The van der Waals surface area contributed by atoms with E-state index < -0.39 is 6.10 Å². The average Bonchev–Trinajstić information content (AvgIpc) is 2.44. The Labute approximate surface area is 132 Å². The summed E-state index contributed by atoms with van der Waals surface area (Å²) in [6.45, 7) is 4.71. The summed E-state index contributed by atoms with van der Waals surface area (Å²) >= 11 is 6.12. The Kier molecular flexibility index (Phi) is 4.86. The molecule has 0 spiro atoms. The Bertz CT molecular complexity index is 504. The molecule has 1 aromatic rings. The van der Waals surface area contributed by atoms with Crippen LogP contribution in [0.5, 0.6) is 5.75 Å². The van der Waals surface area contributed by atoms with Gasteiger partial charge in [-0.3, -0.25) is 0 Å². The van der Waals surface area contributed by atoms with Crippen LogP contribution in [0.2, 0.25) is 5.02 Å². The van der Waals surface area contributed by atoms with Crippen molar-refractivity contribution in [3.05, 3.63) is 28.8 Å². The zero-order chi connectivity index (χ0) is 15.7. The zero-order valence-electron chi connectivity index (χ0n) is 13.2. The Morgan fingerprint density at radius 2 is 2.10 bits per heavy atom. The van der Waals surface area contributed by atoms with Crippen molar-refractivity contribution < 1.29 is 9.84 Å². The van der Waals surface area contributed by atoms with Gasteiger partial charge < -0.3 is 15.6 Å². The van der Waals surface area contributed by atoms with Gasteiger partial charge in [-0.2, -0.15) is 0 Å². The van der Waals surface area contributed by atoms with Gasteiger partial charge in [-0.1, -0.05) is 31.9 Å². The highest BCUT2D eigenvalue weighted by molar-refractivity contribution is 6.30. The van der Waals surface area contributed by atoms with Crippen molar-refractivity contribution in [1.29, 1.82) is 0 Å². The molecule has 1 aromatic carbocycles. The lowest BCUT2D eigenvalue weighted by molar-refractivity contribution is -0.0886. The molecule has 2 unspecified atom stereocenters. The summed E-state index contributed by atoms with van der Waals surface area (Å²) in [5.74, 6) is 0.808. The van der Waals surface area contributed by atoms with Crippen LogP contribution in [0, 0.1) is 10.8 Å². The maximum Gasteiger partial charge on any atom is 0.122 e. The van der Waals surface area contributed by atoms with Crippen LogP contribution >= 0.6 is 11.6 Å². The second-order valence-corrected chi connectivity index (χ2v) is 7.38. The minimum absolute atomic E-state index is 0.108. The van der Waals surface area contributed by atoms with E-state index in [1.54, 1.807) is 7.11 Å². The van der Waals surface area contributed by atoms with Crippen LogP contribution in [-0.2, 0) is 6.42 Å². The summed E-state index contributed by atoms with van der Waals surface area (Å²) in [5, 5.41) is 11.6. The number of benzene rings is 1. The largest absolute Gasteiger partial charge is 0.496 e. The molecule has 0 amide bonds. The van der Waals surface area contributed by atoms with Crippen LogP contribution in [0.25, 0.3) is 0 Å². The minimum Gasteiger partial charge on any atom is -0.496 e. The monoisotopic (exact) mass is 311 g/mol. The fourth-order valence-electron chi connectivity index (χ4n) is 3.73. The zero-order valence-corrected chi connectivity index (χ0v) is 13.9. The number of hydrogen-bond acceptors (Lipinski definition) is 3. The van der Waals surface area contributed by atoms with Crippen LogP contribution in [0.1, 0.15) is 38.7 Å². The Morgan fingerprint density at radius 3 is 2.71 bits per heavy atom. The van der Waals surface area contributed by atoms with Crippen LogP contribution in [0.15, 0.2) is 18.2 Å². The first-order valence-electron chi connectivity index (χ1n) is 7.55. The number of hydrogen-bond donors (Lipinski definition) is 2. The average molecular weight is 312 g/mol. The van der Waals surface area contributed by atoms with Crippen molar-refractivity contribution in [2.24, 2.45) is 16.6 Å². The molecule has 2 atom stereocenters. The summed E-state index contributed by atoms with van der Waals surface area (Å²) in [7, 11) is 1.66. The number of aliphatic hydroxyl groups excluding tert-OH is 1. The van der Waals surface area contributed by atoms with E-state index in [9.17, 15) is 5.11 Å². The molecule has 3 N–H and O–H groups in total. The SMILES string of the molecule is COc1ccc(Cl)cc1CC1(CN)CCCC(C)(C)C1O. The molecule has 118 valence electrons. The van der Waals surface area contributed by atoms with Crippen molar-refractivity contribution in [1.82, 2.24) is 0 Å². The lowest BCUT2D eigenvalue weighted by atomic mass is 9.59. The molecule has 21 heavy (non-hydrogen) atoms. The molecule has 1 aliphatic rings. The van der Waals surface area contributed by atoms with Gasteiger partial charge in [0, 0.05) is 17.0 Å². The number of rotatable bonds is 4. The standard InChI is InChI=1S/C17H26ClNO2/c1-16(2)7-4-8-17(11-19,15(16)20)10-12-9-13(18)5-6-14(12)21-3/h5-6,9,15,20H,4,7-8,10-11,19H2,1-3H3. The van der Waals surface area contributed by atoms with E-state index in [1.807, 2.05) is 18.2 Å². The number of nitrogens with two attached hydrogens (primary N) is 1. The first kappa shape index (κ1) is 16.6. The van der Waals surface area contributed by atoms with Crippen molar-refractivity contribution >= 4 is 11.6 Å². The maximum atomic E-state index is 10.9. The van der Waals surface area contributed by atoms with Crippen molar-refractivity contribution in [2.45, 2.75) is 45.6 Å². The normalized spacial score (nSPS) is 28.4. The predicted molar refractivity (Wildman–Crippen MR) is 86.8 cm³/mol. The van der Waals surface area contributed by atoms with E-state index in [0.29, 0.717) is 18.0 Å². The first-order chi connectivity index (χ1) is 9.84. The van der Waals surface area contributed by atoms with Gasteiger partial charge in [-0.05, 0) is 48.4 Å². The predicted octanol–water partition coefficient (Wildman–Crippen LogP) is 3.41.